The van der Waals surface area contributed by atoms with Crippen molar-refractivity contribution in [3.8, 4) is 0 Å². The summed E-state index contributed by atoms with van der Waals surface area (Å²) in [7, 11) is 1.96. The van der Waals surface area contributed by atoms with Gasteiger partial charge in [0.05, 0.1) is 5.69 Å². The number of benzene rings is 1. The van der Waals surface area contributed by atoms with Crippen molar-refractivity contribution < 1.29 is 0 Å². The highest BCUT2D eigenvalue weighted by Gasteiger charge is 2.11. The molecule has 1 aromatic carbocycles. The lowest BCUT2D eigenvalue weighted by Crippen LogP contribution is -2.23. The Labute approximate surface area is 120 Å². The molecule has 0 bridgehead atoms. The van der Waals surface area contributed by atoms with Crippen molar-refractivity contribution in [3.63, 3.8) is 0 Å². The normalized spacial score (nSPS) is 10.2. The standard InChI is InChI=1S/C14H15BrN4/c1-19(9-10-5-2-3-6-11(10)15)12-7-4-8-18-13(12)14(16)17/h2-8H,9H2,1H3,(H3,16,17). The first kappa shape index (κ1) is 13.5. The molecule has 2 rings (SSSR count). The predicted octanol–water partition coefficient (Wildman–Crippen LogP) is 2.76. The summed E-state index contributed by atoms with van der Waals surface area (Å²) in [5, 5.41) is 7.57. The zero-order valence-electron chi connectivity index (χ0n) is 10.6. The van der Waals surface area contributed by atoms with Crippen molar-refractivity contribution in [1.82, 2.24) is 4.98 Å². The SMILES string of the molecule is CN(Cc1ccccc1Br)c1cccnc1C(=N)N. The minimum Gasteiger partial charge on any atom is -0.382 e. The first-order valence-electron chi connectivity index (χ1n) is 5.83. The van der Waals surface area contributed by atoms with Crippen LogP contribution in [0.25, 0.3) is 0 Å². The average molecular weight is 319 g/mol. The van der Waals surface area contributed by atoms with Crippen molar-refractivity contribution in [3.05, 3.63) is 58.3 Å². The molecule has 2 aromatic rings. The van der Waals surface area contributed by atoms with Crippen LogP contribution < -0.4 is 10.6 Å². The van der Waals surface area contributed by atoms with Crippen molar-refractivity contribution in [2.24, 2.45) is 5.73 Å². The number of nitrogens with two attached hydrogens (primary N) is 1. The predicted molar refractivity (Wildman–Crippen MR) is 81.5 cm³/mol. The molecule has 5 heteroatoms. The van der Waals surface area contributed by atoms with Gasteiger partial charge >= 0.3 is 0 Å². The summed E-state index contributed by atoms with van der Waals surface area (Å²) in [5.74, 6) is -0.0189. The smallest absolute Gasteiger partial charge is 0.143 e. The van der Waals surface area contributed by atoms with E-state index in [1.54, 1.807) is 6.20 Å². The van der Waals surface area contributed by atoms with E-state index in [0.717, 1.165) is 10.2 Å². The monoisotopic (exact) mass is 318 g/mol. The molecule has 4 nitrogen and oxygen atoms in total. The summed E-state index contributed by atoms with van der Waals surface area (Å²) in [6.07, 6.45) is 1.65. The third-order valence-corrected chi connectivity index (χ3v) is 3.59. The molecule has 0 aliphatic heterocycles. The molecular formula is C14H15BrN4. The van der Waals surface area contributed by atoms with Gasteiger partial charge in [0.1, 0.15) is 11.5 Å². The van der Waals surface area contributed by atoms with Gasteiger partial charge < -0.3 is 10.6 Å². The van der Waals surface area contributed by atoms with Crippen molar-refractivity contribution in [1.29, 1.82) is 5.41 Å². The van der Waals surface area contributed by atoms with Crippen LogP contribution in [0.1, 0.15) is 11.3 Å². The molecule has 1 heterocycles. The first-order valence-corrected chi connectivity index (χ1v) is 6.63. The number of aromatic nitrogens is 1. The van der Waals surface area contributed by atoms with Gasteiger partial charge in [-0.15, -0.1) is 0 Å². The lowest BCUT2D eigenvalue weighted by molar-refractivity contribution is 0.910. The van der Waals surface area contributed by atoms with Crippen LogP contribution >= 0.6 is 15.9 Å². The number of nitrogens with zero attached hydrogens (tertiary/aromatic N) is 2. The largest absolute Gasteiger partial charge is 0.382 e. The first-order chi connectivity index (χ1) is 9.09. The molecule has 0 saturated carbocycles. The van der Waals surface area contributed by atoms with E-state index in [1.807, 2.05) is 42.3 Å². The number of amidine groups is 1. The van der Waals surface area contributed by atoms with Gasteiger partial charge in [-0.1, -0.05) is 34.1 Å². The lowest BCUT2D eigenvalue weighted by Gasteiger charge is -2.22. The Bertz CT molecular complexity index is 598. The highest BCUT2D eigenvalue weighted by atomic mass is 79.9. The Kier molecular flexibility index (Phi) is 4.16. The van der Waals surface area contributed by atoms with Gasteiger partial charge in [-0.2, -0.15) is 0 Å². The molecule has 98 valence electrons. The Morgan fingerprint density at radius 3 is 2.74 bits per heavy atom. The molecule has 0 spiro atoms. The Hall–Kier alpha value is -1.88. The minimum atomic E-state index is -0.0189. The topological polar surface area (TPSA) is 66.0 Å². The van der Waals surface area contributed by atoms with Gasteiger partial charge in [0.15, 0.2) is 0 Å². The van der Waals surface area contributed by atoms with Crippen molar-refractivity contribution >= 4 is 27.5 Å². The highest BCUT2D eigenvalue weighted by Crippen LogP contribution is 2.22. The summed E-state index contributed by atoms with van der Waals surface area (Å²) in [6, 6.07) is 11.8. The summed E-state index contributed by atoms with van der Waals surface area (Å²) in [5.41, 5.74) is 8.09. The molecule has 3 N–H and O–H groups in total. The quantitative estimate of drug-likeness (QED) is 0.673. The highest BCUT2D eigenvalue weighted by molar-refractivity contribution is 9.10. The average Bonchev–Trinajstić information content (AvgIpc) is 2.41. The van der Waals surface area contributed by atoms with Crippen LogP contribution in [0, 0.1) is 5.41 Å². The Balaban J connectivity index is 2.28. The summed E-state index contributed by atoms with van der Waals surface area (Å²) in [6.45, 7) is 0.716. The zero-order chi connectivity index (χ0) is 13.8. The van der Waals surface area contributed by atoms with Gasteiger partial charge in [0, 0.05) is 24.3 Å². The number of rotatable bonds is 4. The van der Waals surface area contributed by atoms with Crippen LogP contribution in [0.15, 0.2) is 47.1 Å². The van der Waals surface area contributed by atoms with Gasteiger partial charge in [0.25, 0.3) is 0 Å². The van der Waals surface area contributed by atoms with Crippen LogP contribution in [0.5, 0.6) is 0 Å². The third-order valence-electron chi connectivity index (χ3n) is 2.82. The zero-order valence-corrected chi connectivity index (χ0v) is 12.2. The van der Waals surface area contributed by atoms with Crippen LogP contribution in [0.4, 0.5) is 5.69 Å². The lowest BCUT2D eigenvalue weighted by atomic mass is 10.2. The molecule has 0 aliphatic rings. The fourth-order valence-corrected chi connectivity index (χ4v) is 2.29. The number of pyridine rings is 1. The molecule has 19 heavy (non-hydrogen) atoms. The second-order valence-electron chi connectivity index (χ2n) is 4.23. The molecule has 0 aliphatic carbocycles. The number of nitrogens with one attached hydrogen (secondary N) is 1. The van der Waals surface area contributed by atoms with Crippen molar-refractivity contribution in [2.45, 2.75) is 6.54 Å². The van der Waals surface area contributed by atoms with E-state index in [1.165, 1.54) is 5.56 Å². The van der Waals surface area contributed by atoms with E-state index in [9.17, 15) is 0 Å². The second-order valence-corrected chi connectivity index (χ2v) is 5.09. The number of hydrogen-bond donors (Lipinski definition) is 2. The van der Waals surface area contributed by atoms with Crippen LogP contribution in [0.3, 0.4) is 0 Å². The molecule has 1 aromatic heterocycles. The van der Waals surface area contributed by atoms with E-state index >= 15 is 0 Å². The molecule has 0 fully saturated rings. The van der Waals surface area contributed by atoms with E-state index in [0.29, 0.717) is 12.2 Å². The fraction of sp³-hybridized carbons (Fsp3) is 0.143. The van der Waals surface area contributed by atoms with E-state index in [-0.39, 0.29) is 5.84 Å². The van der Waals surface area contributed by atoms with Crippen LogP contribution in [-0.4, -0.2) is 17.9 Å². The molecule has 0 radical (unpaired) electrons. The maximum atomic E-state index is 7.57. The van der Waals surface area contributed by atoms with Gasteiger partial charge in [0.2, 0.25) is 0 Å². The van der Waals surface area contributed by atoms with E-state index in [2.05, 4.69) is 27.0 Å². The fourth-order valence-electron chi connectivity index (χ4n) is 1.88. The number of anilines is 1. The molecule has 0 saturated heterocycles. The Morgan fingerprint density at radius 2 is 2.05 bits per heavy atom. The molecular weight excluding hydrogens is 304 g/mol. The molecule has 0 unspecified atom stereocenters. The maximum absolute atomic E-state index is 7.57. The van der Waals surface area contributed by atoms with Gasteiger partial charge in [-0.25, -0.2) is 0 Å². The Morgan fingerprint density at radius 1 is 1.32 bits per heavy atom. The number of halogens is 1. The summed E-state index contributed by atoms with van der Waals surface area (Å²) < 4.78 is 1.06. The van der Waals surface area contributed by atoms with Gasteiger partial charge in [-0.3, -0.25) is 10.4 Å². The van der Waals surface area contributed by atoms with Gasteiger partial charge in [-0.05, 0) is 23.8 Å². The van der Waals surface area contributed by atoms with Crippen LogP contribution in [0.2, 0.25) is 0 Å². The maximum Gasteiger partial charge on any atom is 0.143 e. The summed E-state index contributed by atoms with van der Waals surface area (Å²) >= 11 is 3.54. The minimum absolute atomic E-state index is 0.0189. The van der Waals surface area contributed by atoms with E-state index < -0.39 is 0 Å². The third kappa shape index (κ3) is 3.12. The molecule has 0 atom stereocenters. The van der Waals surface area contributed by atoms with Crippen molar-refractivity contribution in [2.75, 3.05) is 11.9 Å². The summed E-state index contributed by atoms with van der Waals surface area (Å²) in [4.78, 5) is 6.19. The van der Waals surface area contributed by atoms with Crippen LogP contribution in [-0.2, 0) is 6.54 Å². The number of hydrogen-bond acceptors (Lipinski definition) is 3. The molecule has 0 amide bonds. The number of nitrogen functional groups attached to an aromatic ring is 1. The second kappa shape index (κ2) is 5.84. The van der Waals surface area contributed by atoms with E-state index in [4.69, 9.17) is 11.1 Å².